The molecule has 1 N–H and O–H groups in total. The van der Waals surface area contributed by atoms with Crippen molar-refractivity contribution in [3.63, 3.8) is 0 Å². The predicted molar refractivity (Wildman–Crippen MR) is 59.0 cm³/mol. The molecule has 0 saturated heterocycles. The second-order valence-electron chi connectivity index (χ2n) is 5.99. The summed E-state index contributed by atoms with van der Waals surface area (Å²) in [5.41, 5.74) is 0.537. The van der Waals surface area contributed by atoms with Crippen molar-refractivity contribution in [2.45, 2.75) is 52.6 Å². The van der Waals surface area contributed by atoms with E-state index in [1.54, 1.807) is 0 Å². The molecule has 0 spiro atoms. The first-order chi connectivity index (χ1) is 6.47. The van der Waals surface area contributed by atoms with E-state index >= 15 is 0 Å². The molecule has 0 radical (unpaired) electrons. The van der Waals surface area contributed by atoms with Gasteiger partial charge in [-0.05, 0) is 42.4 Å². The molecule has 3 atom stereocenters. The van der Waals surface area contributed by atoms with Gasteiger partial charge in [0.2, 0.25) is 0 Å². The summed E-state index contributed by atoms with van der Waals surface area (Å²) in [5, 5.41) is 10.1. The first-order valence-electron chi connectivity index (χ1n) is 5.80. The van der Waals surface area contributed by atoms with E-state index in [0.717, 1.165) is 12.8 Å². The minimum atomic E-state index is -0.105. The molecule has 0 heterocycles. The smallest absolute Gasteiger partial charge is 0.0594 e. The molecule has 1 heteroatoms. The maximum Gasteiger partial charge on any atom is 0.0594 e. The van der Waals surface area contributed by atoms with Crippen LogP contribution >= 0.6 is 0 Å². The number of allylic oxidation sites excluding steroid dienone is 2. The Hall–Kier alpha value is -0.300. The number of aliphatic hydroxyl groups is 1. The van der Waals surface area contributed by atoms with Gasteiger partial charge in [-0.25, -0.2) is 0 Å². The van der Waals surface area contributed by atoms with Crippen LogP contribution in [0.15, 0.2) is 12.2 Å². The summed E-state index contributed by atoms with van der Waals surface area (Å²) in [4.78, 5) is 0. The van der Waals surface area contributed by atoms with Gasteiger partial charge in [0.25, 0.3) is 0 Å². The van der Waals surface area contributed by atoms with Crippen molar-refractivity contribution in [2.75, 3.05) is 0 Å². The molecule has 0 bridgehead atoms. The van der Waals surface area contributed by atoms with Crippen molar-refractivity contribution in [2.24, 2.45) is 16.7 Å². The normalized spacial score (nSPS) is 46.0. The van der Waals surface area contributed by atoms with Crippen LogP contribution in [0, 0.1) is 16.7 Å². The van der Waals surface area contributed by atoms with E-state index in [1.165, 1.54) is 12.8 Å². The van der Waals surface area contributed by atoms with Crippen molar-refractivity contribution in [3.8, 4) is 0 Å². The van der Waals surface area contributed by atoms with Crippen molar-refractivity contribution in [3.05, 3.63) is 12.2 Å². The quantitative estimate of drug-likeness (QED) is 0.587. The van der Waals surface area contributed by atoms with Crippen LogP contribution in [-0.2, 0) is 0 Å². The molecule has 0 aromatic carbocycles. The van der Waals surface area contributed by atoms with Gasteiger partial charge in [-0.1, -0.05) is 32.9 Å². The summed E-state index contributed by atoms with van der Waals surface area (Å²) < 4.78 is 0. The maximum absolute atomic E-state index is 10.1. The SMILES string of the molecule is CC1(C)[C@H](O)CC[C@]2(C)CC=CC[C@H]12. The topological polar surface area (TPSA) is 20.2 Å². The zero-order valence-corrected chi connectivity index (χ0v) is 9.59. The fourth-order valence-electron chi connectivity index (χ4n) is 3.56. The molecule has 0 unspecified atom stereocenters. The average molecular weight is 194 g/mol. The van der Waals surface area contributed by atoms with Crippen LogP contribution in [0.5, 0.6) is 0 Å². The van der Waals surface area contributed by atoms with Gasteiger partial charge in [-0.15, -0.1) is 0 Å². The number of fused-ring (bicyclic) bond motifs is 1. The van der Waals surface area contributed by atoms with Gasteiger partial charge in [0.1, 0.15) is 0 Å². The summed E-state index contributed by atoms with van der Waals surface area (Å²) in [6.07, 6.45) is 9.04. The van der Waals surface area contributed by atoms with E-state index in [1.807, 2.05) is 0 Å². The van der Waals surface area contributed by atoms with E-state index in [9.17, 15) is 5.11 Å². The van der Waals surface area contributed by atoms with Crippen molar-refractivity contribution in [1.82, 2.24) is 0 Å². The Morgan fingerprint density at radius 1 is 1.21 bits per heavy atom. The molecule has 0 aromatic rings. The highest BCUT2D eigenvalue weighted by molar-refractivity contribution is 5.08. The highest BCUT2D eigenvalue weighted by Gasteiger charge is 2.50. The third-order valence-electron chi connectivity index (χ3n) is 4.71. The van der Waals surface area contributed by atoms with Gasteiger partial charge in [0.05, 0.1) is 6.10 Å². The summed E-state index contributed by atoms with van der Waals surface area (Å²) in [6, 6.07) is 0. The Morgan fingerprint density at radius 3 is 2.64 bits per heavy atom. The minimum absolute atomic E-state index is 0.0950. The third-order valence-corrected chi connectivity index (χ3v) is 4.71. The van der Waals surface area contributed by atoms with Crippen molar-refractivity contribution >= 4 is 0 Å². The molecule has 0 aliphatic heterocycles. The zero-order chi connectivity index (χ0) is 10.4. The van der Waals surface area contributed by atoms with Gasteiger partial charge in [-0.3, -0.25) is 0 Å². The number of hydrogen-bond donors (Lipinski definition) is 1. The molecule has 80 valence electrons. The monoisotopic (exact) mass is 194 g/mol. The van der Waals surface area contributed by atoms with E-state index in [0.29, 0.717) is 11.3 Å². The van der Waals surface area contributed by atoms with Gasteiger partial charge >= 0.3 is 0 Å². The van der Waals surface area contributed by atoms with Crippen molar-refractivity contribution < 1.29 is 5.11 Å². The highest BCUT2D eigenvalue weighted by Crippen LogP contribution is 2.55. The first kappa shape index (κ1) is 10.2. The average Bonchev–Trinajstić information content (AvgIpc) is 2.13. The van der Waals surface area contributed by atoms with E-state index in [2.05, 4.69) is 32.9 Å². The Bertz CT molecular complexity index is 254. The largest absolute Gasteiger partial charge is 0.393 e. The highest BCUT2D eigenvalue weighted by atomic mass is 16.3. The zero-order valence-electron chi connectivity index (χ0n) is 9.59. The lowest BCUT2D eigenvalue weighted by Gasteiger charge is -2.54. The second-order valence-corrected chi connectivity index (χ2v) is 5.99. The summed E-state index contributed by atoms with van der Waals surface area (Å²) in [6.45, 7) is 6.87. The maximum atomic E-state index is 10.1. The van der Waals surface area contributed by atoms with Crippen LogP contribution in [-0.4, -0.2) is 11.2 Å². The lowest BCUT2D eigenvalue weighted by Crippen LogP contribution is -2.50. The molecular weight excluding hydrogens is 172 g/mol. The predicted octanol–water partition coefficient (Wildman–Crippen LogP) is 3.14. The van der Waals surface area contributed by atoms with E-state index < -0.39 is 0 Å². The molecule has 14 heavy (non-hydrogen) atoms. The minimum Gasteiger partial charge on any atom is -0.393 e. The molecule has 0 amide bonds. The standard InChI is InChI=1S/C13H22O/c1-12(2)10-6-4-5-8-13(10,3)9-7-11(12)14/h4-5,10-11,14H,6-9H2,1-3H3/t10-,11-,13+/m1/s1. The molecule has 2 rings (SSSR count). The van der Waals surface area contributed by atoms with Gasteiger partial charge in [-0.2, -0.15) is 0 Å². The number of rotatable bonds is 0. The molecule has 1 nitrogen and oxygen atoms in total. The van der Waals surface area contributed by atoms with Crippen molar-refractivity contribution in [1.29, 1.82) is 0 Å². The molecule has 2 aliphatic rings. The number of hydrogen-bond acceptors (Lipinski definition) is 1. The van der Waals surface area contributed by atoms with Crippen LogP contribution in [0.3, 0.4) is 0 Å². The van der Waals surface area contributed by atoms with Crippen LogP contribution in [0.1, 0.15) is 46.5 Å². The third kappa shape index (κ3) is 1.33. The summed E-state index contributed by atoms with van der Waals surface area (Å²) >= 11 is 0. The van der Waals surface area contributed by atoms with Crippen LogP contribution in [0.2, 0.25) is 0 Å². The lowest BCUT2D eigenvalue weighted by molar-refractivity contribution is -0.0951. The van der Waals surface area contributed by atoms with Crippen LogP contribution in [0.25, 0.3) is 0 Å². The Kier molecular flexibility index (Phi) is 2.26. The lowest BCUT2D eigenvalue weighted by atomic mass is 9.52. The molecule has 0 aromatic heterocycles. The van der Waals surface area contributed by atoms with Gasteiger partial charge in [0.15, 0.2) is 0 Å². The molecule has 1 fully saturated rings. The van der Waals surface area contributed by atoms with Gasteiger partial charge in [0, 0.05) is 0 Å². The van der Waals surface area contributed by atoms with E-state index in [-0.39, 0.29) is 11.5 Å². The molecule has 2 aliphatic carbocycles. The molecular formula is C13H22O. The Labute approximate surface area is 87.2 Å². The van der Waals surface area contributed by atoms with Gasteiger partial charge < -0.3 is 5.11 Å². The Morgan fingerprint density at radius 2 is 1.93 bits per heavy atom. The fraction of sp³-hybridized carbons (Fsp3) is 0.846. The first-order valence-corrected chi connectivity index (χ1v) is 5.80. The summed E-state index contributed by atoms with van der Waals surface area (Å²) in [7, 11) is 0. The van der Waals surface area contributed by atoms with E-state index in [4.69, 9.17) is 0 Å². The second kappa shape index (κ2) is 3.10. The fourth-order valence-corrected chi connectivity index (χ4v) is 3.56. The van der Waals surface area contributed by atoms with Crippen LogP contribution < -0.4 is 0 Å². The number of aliphatic hydroxyl groups excluding tert-OH is 1. The van der Waals surface area contributed by atoms with Crippen LogP contribution in [0.4, 0.5) is 0 Å². The molecule has 1 saturated carbocycles. The Balaban J connectivity index is 2.31. The summed E-state index contributed by atoms with van der Waals surface area (Å²) in [5.74, 6) is 0.656.